The van der Waals surface area contributed by atoms with Crippen molar-refractivity contribution in [1.82, 2.24) is 20.9 Å². The molecule has 7 nitrogen and oxygen atoms in total. The SMILES string of the molecule is CSSC(NCCOCC(=O)NC#CC(C)C)c1ccc(C(=O)N(C)CCNC(C)C)cc1. The van der Waals surface area contributed by atoms with E-state index in [1.165, 1.54) is 0 Å². The molecule has 184 valence electrons. The van der Waals surface area contributed by atoms with E-state index in [9.17, 15) is 9.59 Å². The van der Waals surface area contributed by atoms with Crippen molar-refractivity contribution in [3.05, 3.63) is 35.4 Å². The molecule has 0 aliphatic carbocycles. The molecule has 0 saturated heterocycles. The summed E-state index contributed by atoms with van der Waals surface area (Å²) in [6.07, 6.45) is 2.02. The number of likely N-dealkylation sites (N-methyl/N-ethyl adjacent to an activating group) is 1. The quantitative estimate of drug-likeness (QED) is 0.121. The van der Waals surface area contributed by atoms with Crippen LogP contribution in [0.5, 0.6) is 0 Å². The van der Waals surface area contributed by atoms with Crippen LogP contribution in [0.4, 0.5) is 0 Å². The predicted octanol–water partition coefficient (Wildman–Crippen LogP) is 3.11. The maximum atomic E-state index is 12.6. The Morgan fingerprint density at radius 3 is 2.39 bits per heavy atom. The van der Waals surface area contributed by atoms with E-state index in [0.717, 1.165) is 12.1 Å². The van der Waals surface area contributed by atoms with E-state index in [1.807, 2.05) is 51.4 Å². The number of benzene rings is 1. The summed E-state index contributed by atoms with van der Waals surface area (Å²) in [5.74, 6) is 2.85. The fourth-order valence-electron chi connectivity index (χ4n) is 2.66. The molecule has 1 atom stereocenters. The third-order valence-corrected chi connectivity index (χ3v) is 6.35. The van der Waals surface area contributed by atoms with Crippen molar-refractivity contribution in [3.63, 3.8) is 0 Å². The maximum Gasteiger partial charge on any atom is 0.257 e. The van der Waals surface area contributed by atoms with Crippen LogP contribution in [0.2, 0.25) is 0 Å². The van der Waals surface area contributed by atoms with Crippen molar-refractivity contribution >= 4 is 33.4 Å². The van der Waals surface area contributed by atoms with Crippen molar-refractivity contribution in [2.75, 3.05) is 46.2 Å². The molecule has 2 amide bonds. The molecule has 0 fully saturated rings. The number of rotatable bonds is 14. The number of amides is 2. The Morgan fingerprint density at radius 2 is 1.79 bits per heavy atom. The van der Waals surface area contributed by atoms with Gasteiger partial charge in [0.25, 0.3) is 11.8 Å². The molecular formula is C24H38N4O3S2. The Labute approximate surface area is 206 Å². The van der Waals surface area contributed by atoms with Gasteiger partial charge in [-0.2, -0.15) is 0 Å². The fourth-order valence-corrected chi connectivity index (χ4v) is 4.42. The molecule has 1 aromatic carbocycles. The molecule has 0 bridgehead atoms. The van der Waals surface area contributed by atoms with Gasteiger partial charge in [-0.15, -0.1) is 0 Å². The Bertz CT molecular complexity index is 776. The molecule has 9 heteroatoms. The highest BCUT2D eigenvalue weighted by molar-refractivity contribution is 8.76. The van der Waals surface area contributed by atoms with Crippen molar-refractivity contribution in [2.45, 2.75) is 39.1 Å². The van der Waals surface area contributed by atoms with Crippen molar-refractivity contribution < 1.29 is 14.3 Å². The molecule has 3 N–H and O–H groups in total. The van der Waals surface area contributed by atoms with Gasteiger partial charge in [0.05, 0.1) is 12.0 Å². The molecule has 0 saturated carbocycles. The van der Waals surface area contributed by atoms with Gasteiger partial charge in [-0.3, -0.25) is 20.2 Å². The van der Waals surface area contributed by atoms with E-state index >= 15 is 0 Å². The van der Waals surface area contributed by atoms with Gasteiger partial charge in [-0.05, 0) is 24.0 Å². The smallest absolute Gasteiger partial charge is 0.257 e. The summed E-state index contributed by atoms with van der Waals surface area (Å²) in [5.41, 5.74) is 1.75. The molecule has 0 heterocycles. The predicted molar refractivity (Wildman–Crippen MR) is 140 cm³/mol. The van der Waals surface area contributed by atoms with E-state index in [2.05, 4.69) is 41.8 Å². The zero-order chi connectivity index (χ0) is 24.6. The summed E-state index contributed by atoms with van der Waals surface area (Å²) in [4.78, 5) is 26.0. The van der Waals surface area contributed by atoms with Gasteiger partial charge in [0.15, 0.2) is 0 Å². The minimum atomic E-state index is -0.247. The number of carbonyl (C=O) groups is 2. The van der Waals surface area contributed by atoms with Gasteiger partial charge in [0.2, 0.25) is 0 Å². The zero-order valence-corrected chi connectivity index (χ0v) is 22.2. The first kappa shape index (κ1) is 29.3. The number of nitrogens with one attached hydrogen (secondary N) is 3. The van der Waals surface area contributed by atoms with Gasteiger partial charge in [0, 0.05) is 50.2 Å². The molecule has 1 unspecified atom stereocenters. The summed E-state index contributed by atoms with van der Waals surface area (Å²) in [6, 6.07) is 10.7. The summed E-state index contributed by atoms with van der Waals surface area (Å²) in [5, 5.41) is 9.31. The third kappa shape index (κ3) is 12.9. The first-order valence-electron chi connectivity index (χ1n) is 11.1. The average Bonchev–Trinajstić information content (AvgIpc) is 2.77. The molecule has 1 aromatic rings. The second kappa shape index (κ2) is 16.8. The van der Waals surface area contributed by atoms with Crippen LogP contribution < -0.4 is 16.0 Å². The Balaban J connectivity index is 2.49. The van der Waals surface area contributed by atoms with E-state index in [4.69, 9.17) is 4.74 Å². The topological polar surface area (TPSA) is 82.7 Å². The summed E-state index contributed by atoms with van der Waals surface area (Å²) in [6.45, 7) is 10.5. The lowest BCUT2D eigenvalue weighted by Crippen LogP contribution is -2.36. The molecule has 1 rings (SSSR count). The highest BCUT2D eigenvalue weighted by Crippen LogP contribution is 2.34. The average molecular weight is 495 g/mol. The molecule has 0 aromatic heterocycles. The first-order chi connectivity index (χ1) is 15.7. The fraction of sp³-hybridized carbons (Fsp3) is 0.583. The van der Waals surface area contributed by atoms with Crippen LogP contribution in [0.15, 0.2) is 24.3 Å². The first-order valence-corrected chi connectivity index (χ1v) is 13.8. The minimum absolute atomic E-state index is 0.0129. The molecule has 0 aliphatic heterocycles. The lowest BCUT2D eigenvalue weighted by molar-refractivity contribution is -0.124. The second-order valence-corrected chi connectivity index (χ2v) is 10.7. The van der Waals surface area contributed by atoms with Crippen molar-refractivity contribution in [1.29, 1.82) is 0 Å². The molecule has 0 aliphatic rings. The largest absolute Gasteiger partial charge is 0.370 e. The number of hydrogen-bond donors (Lipinski definition) is 3. The Kier molecular flexibility index (Phi) is 15.0. The number of nitrogens with zero attached hydrogens (tertiary/aromatic N) is 1. The molecular weight excluding hydrogens is 456 g/mol. The minimum Gasteiger partial charge on any atom is -0.370 e. The molecule has 0 radical (unpaired) electrons. The molecule has 33 heavy (non-hydrogen) atoms. The van der Waals surface area contributed by atoms with Crippen LogP contribution in [0.1, 0.15) is 49.0 Å². The zero-order valence-electron chi connectivity index (χ0n) is 20.6. The van der Waals surface area contributed by atoms with Gasteiger partial charge >= 0.3 is 0 Å². The summed E-state index contributed by atoms with van der Waals surface area (Å²) in [7, 11) is 5.18. The maximum absolute atomic E-state index is 12.6. The third-order valence-electron chi connectivity index (χ3n) is 4.37. The standard InChI is InChI=1S/C24H38N4O3S2/c1-18(2)11-12-26-22(29)17-31-16-14-27-23(33-32-6)20-7-9-21(10-8-20)24(30)28(5)15-13-25-19(3)4/h7-10,18-19,23,25,27H,13-17H2,1-6H3,(H,26,29). The number of ether oxygens (including phenoxy) is 1. The van der Waals surface area contributed by atoms with Crippen LogP contribution >= 0.6 is 21.6 Å². The van der Waals surface area contributed by atoms with Crippen LogP contribution in [0, 0.1) is 17.9 Å². The van der Waals surface area contributed by atoms with Crippen molar-refractivity contribution in [3.8, 4) is 12.0 Å². The van der Waals surface area contributed by atoms with Gasteiger partial charge in [-0.1, -0.05) is 67.3 Å². The van der Waals surface area contributed by atoms with Gasteiger partial charge in [0.1, 0.15) is 6.61 Å². The van der Waals surface area contributed by atoms with Crippen LogP contribution in [0.25, 0.3) is 0 Å². The van der Waals surface area contributed by atoms with Crippen LogP contribution in [0.3, 0.4) is 0 Å². The highest BCUT2D eigenvalue weighted by Gasteiger charge is 2.15. The lowest BCUT2D eigenvalue weighted by Gasteiger charge is -2.20. The van der Waals surface area contributed by atoms with Gasteiger partial charge in [-0.25, -0.2) is 0 Å². The van der Waals surface area contributed by atoms with E-state index in [1.54, 1.807) is 26.5 Å². The van der Waals surface area contributed by atoms with E-state index < -0.39 is 0 Å². The van der Waals surface area contributed by atoms with Crippen molar-refractivity contribution in [2.24, 2.45) is 5.92 Å². The second-order valence-electron chi connectivity index (χ2n) is 8.08. The molecule has 0 spiro atoms. The highest BCUT2D eigenvalue weighted by atomic mass is 33.1. The lowest BCUT2D eigenvalue weighted by atomic mass is 10.1. The van der Waals surface area contributed by atoms with Crippen LogP contribution in [-0.4, -0.2) is 68.9 Å². The van der Waals surface area contributed by atoms with E-state index in [0.29, 0.717) is 31.3 Å². The van der Waals surface area contributed by atoms with E-state index in [-0.39, 0.29) is 29.7 Å². The monoisotopic (exact) mass is 494 g/mol. The van der Waals surface area contributed by atoms with Gasteiger partial charge < -0.3 is 15.0 Å². The Morgan fingerprint density at radius 1 is 1.09 bits per heavy atom. The summed E-state index contributed by atoms with van der Waals surface area (Å²) < 4.78 is 5.43. The van der Waals surface area contributed by atoms with Crippen LogP contribution in [-0.2, 0) is 9.53 Å². The summed E-state index contributed by atoms with van der Waals surface area (Å²) >= 11 is 0. The number of hydrogen-bond acceptors (Lipinski definition) is 7. The number of carbonyl (C=O) groups excluding carboxylic acids is 2. The normalized spacial score (nSPS) is 11.8. The Hall–Kier alpha value is -1.70.